The van der Waals surface area contributed by atoms with Crippen molar-refractivity contribution in [1.29, 1.82) is 0 Å². The molecular weight excluding hydrogens is 267 g/mol. The van der Waals surface area contributed by atoms with E-state index in [0.717, 1.165) is 27.9 Å². The molecule has 106 valence electrons. The largest absolute Gasteiger partial charge is 0.497 e. The van der Waals surface area contributed by atoms with Crippen molar-refractivity contribution in [2.24, 2.45) is 0 Å². The van der Waals surface area contributed by atoms with Crippen LogP contribution in [-0.2, 0) is 6.54 Å². The first kappa shape index (κ1) is 13.4. The van der Waals surface area contributed by atoms with Gasteiger partial charge in [0.25, 0.3) is 0 Å². The first-order valence-corrected chi connectivity index (χ1v) is 6.67. The van der Waals surface area contributed by atoms with E-state index in [1.165, 1.54) is 12.1 Å². The van der Waals surface area contributed by atoms with E-state index < -0.39 is 0 Å². The molecule has 0 aliphatic heterocycles. The van der Waals surface area contributed by atoms with E-state index in [4.69, 9.17) is 4.74 Å². The molecule has 0 aliphatic rings. The van der Waals surface area contributed by atoms with Crippen LogP contribution in [0.25, 0.3) is 10.8 Å². The van der Waals surface area contributed by atoms with Crippen molar-refractivity contribution in [2.45, 2.75) is 6.54 Å². The highest BCUT2D eigenvalue weighted by molar-refractivity contribution is 5.92. The molecule has 4 heteroatoms. The van der Waals surface area contributed by atoms with Gasteiger partial charge in [0.1, 0.15) is 17.4 Å². The Morgan fingerprint density at radius 3 is 2.67 bits per heavy atom. The zero-order valence-electron chi connectivity index (χ0n) is 11.6. The van der Waals surface area contributed by atoms with E-state index >= 15 is 0 Å². The summed E-state index contributed by atoms with van der Waals surface area (Å²) in [4.78, 5) is 4.37. The van der Waals surface area contributed by atoms with Crippen molar-refractivity contribution < 1.29 is 9.13 Å². The van der Waals surface area contributed by atoms with Gasteiger partial charge >= 0.3 is 0 Å². The van der Waals surface area contributed by atoms with Crippen LogP contribution in [0.15, 0.2) is 54.7 Å². The molecule has 0 amide bonds. The van der Waals surface area contributed by atoms with Crippen molar-refractivity contribution in [3.63, 3.8) is 0 Å². The monoisotopic (exact) mass is 282 g/mol. The second kappa shape index (κ2) is 5.79. The summed E-state index contributed by atoms with van der Waals surface area (Å²) in [6.07, 6.45) is 1.76. The van der Waals surface area contributed by atoms with Gasteiger partial charge < -0.3 is 10.1 Å². The molecule has 0 saturated carbocycles. The minimum atomic E-state index is -0.228. The van der Waals surface area contributed by atoms with E-state index in [2.05, 4.69) is 10.3 Å². The van der Waals surface area contributed by atoms with Crippen molar-refractivity contribution in [3.8, 4) is 5.75 Å². The Bertz CT molecular complexity index is 756. The fourth-order valence-corrected chi connectivity index (χ4v) is 2.21. The van der Waals surface area contributed by atoms with Crippen LogP contribution in [-0.4, -0.2) is 12.1 Å². The second-order valence-corrected chi connectivity index (χ2v) is 4.73. The van der Waals surface area contributed by atoms with Crippen LogP contribution in [0, 0.1) is 5.82 Å². The molecule has 0 aliphatic carbocycles. The Morgan fingerprint density at radius 2 is 1.90 bits per heavy atom. The Balaban J connectivity index is 1.85. The average Bonchev–Trinajstić information content (AvgIpc) is 2.53. The maximum Gasteiger partial charge on any atom is 0.134 e. The van der Waals surface area contributed by atoms with Gasteiger partial charge in [0.05, 0.1) is 7.11 Å². The summed E-state index contributed by atoms with van der Waals surface area (Å²) in [6, 6.07) is 14.2. The van der Waals surface area contributed by atoms with Gasteiger partial charge in [0.15, 0.2) is 0 Å². The van der Waals surface area contributed by atoms with Crippen molar-refractivity contribution in [3.05, 3.63) is 66.1 Å². The van der Waals surface area contributed by atoms with Gasteiger partial charge in [-0.05, 0) is 47.3 Å². The number of rotatable bonds is 4. The SMILES string of the molecule is COc1ccc2c(NCc3ccc(F)cc3)nccc2c1. The zero-order chi connectivity index (χ0) is 14.7. The summed E-state index contributed by atoms with van der Waals surface area (Å²) in [5, 5.41) is 5.38. The molecule has 0 saturated heterocycles. The molecule has 3 rings (SSSR count). The number of aromatic nitrogens is 1. The number of nitrogens with one attached hydrogen (secondary N) is 1. The molecule has 0 unspecified atom stereocenters. The van der Waals surface area contributed by atoms with E-state index in [1.807, 2.05) is 24.3 Å². The van der Waals surface area contributed by atoms with Gasteiger partial charge in [0.2, 0.25) is 0 Å². The molecule has 0 fully saturated rings. The molecule has 3 nitrogen and oxygen atoms in total. The summed E-state index contributed by atoms with van der Waals surface area (Å²) in [7, 11) is 1.65. The fraction of sp³-hybridized carbons (Fsp3) is 0.118. The Hall–Kier alpha value is -2.62. The van der Waals surface area contributed by atoms with E-state index in [9.17, 15) is 4.39 Å². The third-order valence-corrected chi connectivity index (χ3v) is 3.34. The predicted molar refractivity (Wildman–Crippen MR) is 82.0 cm³/mol. The smallest absolute Gasteiger partial charge is 0.134 e. The summed E-state index contributed by atoms with van der Waals surface area (Å²) in [5.74, 6) is 1.40. The molecule has 1 N–H and O–H groups in total. The maximum atomic E-state index is 12.9. The standard InChI is InChI=1S/C17H15FN2O/c1-21-15-6-7-16-13(10-15)8-9-19-17(16)20-11-12-2-4-14(18)5-3-12/h2-10H,11H2,1H3,(H,19,20). The lowest BCUT2D eigenvalue weighted by Gasteiger charge is -2.10. The van der Waals surface area contributed by atoms with Crippen molar-refractivity contribution >= 4 is 16.6 Å². The number of fused-ring (bicyclic) bond motifs is 1. The average molecular weight is 282 g/mol. The molecule has 0 bridgehead atoms. The number of hydrogen-bond donors (Lipinski definition) is 1. The van der Waals surface area contributed by atoms with Crippen LogP contribution >= 0.6 is 0 Å². The van der Waals surface area contributed by atoms with Gasteiger partial charge in [-0.2, -0.15) is 0 Å². The lowest BCUT2D eigenvalue weighted by molar-refractivity contribution is 0.415. The van der Waals surface area contributed by atoms with Crippen LogP contribution in [0.2, 0.25) is 0 Å². The molecular formula is C17H15FN2O. The van der Waals surface area contributed by atoms with Crippen LogP contribution in [0.5, 0.6) is 5.75 Å². The first-order valence-electron chi connectivity index (χ1n) is 6.67. The van der Waals surface area contributed by atoms with Crippen LogP contribution in [0.1, 0.15) is 5.56 Å². The van der Waals surface area contributed by atoms with Crippen molar-refractivity contribution in [1.82, 2.24) is 4.98 Å². The molecule has 0 atom stereocenters. The summed E-state index contributed by atoms with van der Waals surface area (Å²) < 4.78 is 18.1. The maximum absolute atomic E-state index is 12.9. The van der Waals surface area contributed by atoms with Crippen molar-refractivity contribution in [2.75, 3.05) is 12.4 Å². The molecule has 21 heavy (non-hydrogen) atoms. The highest BCUT2D eigenvalue weighted by atomic mass is 19.1. The van der Waals surface area contributed by atoms with Crippen LogP contribution < -0.4 is 10.1 Å². The molecule has 3 aromatic rings. The molecule has 0 spiro atoms. The van der Waals surface area contributed by atoms with Gasteiger partial charge in [-0.25, -0.2) is 9.37 Å². The molecule has 0 radical (unpaired) electrons. The summed E-state index contributed by atoms with van der Waals surface area (Å²) in [6.45, 7) is 0.596. The van der Waals surface area contributed by atoms with Crippen LogP contribution in [0.3, 0.4) is 0 Å². The number of methoxy groups -OCH3 is 1. The van der Waals surface area contributed by atoms with Gasteiger partial charge in [0, 0.05) is 18.1 Å². The lowest BCUT2D eigenvalue weighted by Crippen LogP contribution is -2.02. The predicted octanol–water partition coefficient (Wildman–Crippen LogP) is 3.99. The number of anilines is 1. The first-order chi connectivity index (χ1) is 10.3. The summed E-state index contributed by atoms with van der Waals surface area (Å²) in [5.41, 5.74) is 1.00. The lowest BCUT2D eigenvalue weighted by atomic mass is 10.1. The third kappa shape index (κ3) is 2.94. The normalized spacial score (nSPS) is 10.6. The Labute approximate surface area is 122 Å². The van der Waals surface area contributed by atoms with E-state index in [-0.39, 0.29) is 5.82 Å². The quantitative estimate of drug-likeness (QED) is 0.785. The number of halogens is 1. The van der Waals surface area contributed by atoms with Gasteiger partial charge in [-0.1, -0.05) is 12.1 Å². The zero-order valence-corrected chi connectivity index (χ0v) is 11.6. The second-order valence-electron chi connectivity index (χ2n) is 4.73. The number of nitrogens with zero attached hydrogens (tertiary/aromatic N) is 1. The fourth-order valence-electron chi connectivity index (χ4n) is 2.21. The van der Waals surface area contributed by atoms with E-state index in [1.54, 1.807) is 25.4 Å². The third-order valence-electron chi connectivity index (χ3n) is 3.34. The Morgan fingerprint density at radius 1 is 1.10 bits per heavy atom. The highest BCUT2D eigenvalue weighted by Crippen LogP contribution is 2.25. The van der Waals surface area contributed by atoms with Crippen LogP contribution in [0.4, 0.5) is 10.2 Å². The minimum Gasteiger partial charge on any atom is -0.497 e. The van der Waals surface area contributed by atoms with E-state index in [0.29, 0.717) is 6.54 Å². The summed E-state index contributed by atoms with van der Waals surface area (Å²) >= 11 is 0. The number of pyridine rings is 1. The molecule has 2 aromatic carbocycles. The molecule has 1 heterocycles. The molecule has 1 aromatic heterocycles. The number of ether oxygens (including phenoxy) is 1. The minimum absolute atomic E-state index is 0.228. The number of benzene rings is 2. The highest BCUT2D eigenvalue weighted by Gasteiger charge is 2.03. The van der Waals surface area contributed by atoms with Gasteiger partial charge in [-0.15, -0.1) is 0 Å². The topological polar surface area (TPSA) is 34.1 Å². The Kier molecular flexibility index (Phi) is 3.69. The van der Waals surface area contributed by atoms with Gasteiger partial charge in [-0.3, -0.25) is 0 Å². The number of hydrogen-bond acceptors (Lipinski definition) is 3.